The zero-order valence-corrected chi connectivity index (χ0v) is 15.8. The first-order valence-electron chi connectivity index (χ1n) is 8.84. The highest BCUT2D eigenvalue weighted by atomic mass is 35.5. The van der Waals surface area contributed by atoms with Crippen LogP contribution in [-0.2, 0) is 4.74 Å². The smallest absolute Gasteiger partial charge is 0.357 e. The van der Waals surface area contributed by atoms with Gasteiger partial charge in [-0.05, 0) is 55.9 Å². The SMILES string of the molecule is CCOC(=O)c1ncccc1C1=C(c2cccc(Cl)c2OC)CCCC1. The molecule has 1 heterocycles. The lowest BCUT2D eigenvalue weighted by atomic mass is 9.83. The maximum atomic E-state index is 12.4. The molecule has 0 saturated carbocycles. The number of allylic oxidation sites excluding steroid dienone is 2. The summed E-state index contributed by atoms with van der Waals surface area (Å²) < 4.78 is 10.8. The third-order valence-electron chi connectivity index (χ3n) is 4.57. The molecular weight excluding hydrogens is 350 g/mol. The Hall–Kier alpha value is -2.33. The fourth-order valence-electron chi connectivity index (χ4n) is 3.46. The molecule has 26 heavy (non-hydrogen) atoms. The summed E-state index contributed by atoms with van der Waals surface area (Å²) in [5, 5.41) is 0.583. The summed E-state index contributed by atoms with van der Waals surface area (Å²) in [4.78, 5) is 16.7. The van der Waals surface area contributed by atoms with Crippen molar-refractivity contribution < 1.29 is 14.3 Å². The van der Waals surface area contributed by atoms with E-state index >= 15 is 0 Å². The summed E-state index contributed by atoms with van der Waals surface area (Å²) in [6.07, 6.45) is 5.56. The van der Waals surface area contributed by atoms with Crippen molar-refractivity contribution in [3.05, 3.63) is 58.4 Å². The van der Waals surface area contributed by atoms with Crippen molar-refractivity contribution in [1.82, 2.24) is 4.98 Å². The average Bonchev–Trinajstić information content (AvgIpc) is 2.68. The molecule has 0 radical (unpaired) electrons. The van der Waals surface area contributed by atoms with Crippen LogP contribution in [0, 0.1) is 0 Å². The van der Waals surface area contributed by atoms with Crippen LogP contribution >= 0.6 is 11.6 Å². The van der Waals surface area contributed by atoms with Gasteiger partial charge in [0.2, 0.25) is 0 Å². The molecule has 1 aromatic heterocycles. The van der Waals surface area contributed by atoms with Crippen molar-refractivity contribution >= 4 is 28.7 Å². The number of hydrogen-bond donors (Lipinski definition) is 0. The number of benzene rings is 1. The second kappa shape index (κ2) is 8.37. The van der Waals surface area contributed by atoms with Gasteiger partial charge in [-0.15, -0.1) is 0 Å². The Kier molecular flexibility index (Phi) is 5.94. The quantitative estimate of drug-likeness (QED) is 0.660. The minimum absolute atomic E-state index is 0.322. The lowest BCUT2D eigenvalue weighted by molar-refractivity contribution is 0.0519. The van der Waals surface area contributed by atoms with Gasteiger partial charge in [0.25, 0.3) is 0 Å². The number of rotatable bonds is 5. The Labute approximate surface area is 158 Å². The number of ether oxygens (including phenoxy) is 2. The van der Waals surface area contributed by atoms with Crippen LogP contribution in [0.5, 0.6) is 5.75 Å². The summed E-state index contributed by atoms with van der Waals surface area (Å²) in [5.74, 6) is 0.281. The zero-order chi connectivity index (χ0) is 18.5. The van der Waals surface area contributed by atoms with Crippen LogP contribution in [0.1, 0.15) is 54.2 Å². The van der Waals surface area contributed by atoms with Crippen molar-refractivity contribution in [3.63, 3.8) is 0 Å². The molecule has 0 atom stereocenters. The fourth-order valence-corrected chi connectivity index (χ4v) is 3.72. The minimum Gasteiger partial charge on any atom is -0.495 e. The van der Waals surface area contributed by atoms with Crippen molar-refractivity contribution in [2.24, 2.45) is 0 Å². The Morgan fingerprint density at radius 1 is 1.12 bits per heavy atom. The van der Waals surface area contributed by atoms with E-state index < -0.39 is 5.97 Å². The predicted molar refractivity (Wildman–Crippen MR) is 103 cm³/mol. The number of nitrogens with zero attached hydrogens (tertiary/aromatic N) is 1. The van der Waals surface area contributed by atoms with Crippen molar-refractivity contribution in [1.29, 1.82) is 0 Å². The van der Waals surface area contributed by atoms with Crippen LogP contribution in [0.2, 0.25) is 5.02 Å². The van der Waals surface area contributed by atoms with E-state index in [4.69, 9.17) is 21.1 Å². The number of halogens is 1. The summed E-state index contributed by atoms with van der Waals surface area (Å²) in [6.45, 7) is 2.12. The minimum atomic E-state index is -0.390. The molecule has 0 bridgehead atoms. The van der Waals surface area contributed by atoms with Crippen molar-refractivity contribution in [3.8, 4) is 5.75 Å². The second-order valence-electron chi connectivity index (χ2n) is 6.10. The number of methoxy groups -OCH3 is 1. The van der Waals surface area contributed by atoms with Gasteiger partial charge in [-0.25, -0.2) is 9.78 Å². The third kappa shape index (κ3) is 3.61. The highest BCUT2D eigenvalue weighted by Gasteiger charge is 2.24. The Bertz CT molecular complexity index is 845. The first-order valence-corrected chi connectivity index (χ1v) is 9.22. The third-order valence-corrected chi connectivity index (χ3v) is 4.86. The van der Waals surface area contributed by atoms with Crippen LogP contribution in [-0.4, -0.2) is 24.7 Å². The molecule has 1 aromatic carbocycles. The normalized spacial score (nSPS) is 14.3. The number of hydrogen-bond acceptors (Lipinski definition) is 4. The van der Waals surface area contributed by atoms with Gasteiger partial charge >= 0.3 is 5.97 Å². The van der Waals surface area contributed by atoms with E-state index in [0.717, 1.165) is 48.0 Å². The van der Waals surface area contributed by atoms with Gasteiger partial charge in [0, 0.05) is 17.3 Å². The molecule has 1 aliphatic rings. The zero-order valence-electron chi connectivity index (χ0n) is 15.0. The van der Waals surface area contributed by atoms with E-state index in [1.807, 2.05) is 30.3 Å². The molecule has 4 nitrogen and oxygen atoms in total. The second-order valence-corrected chi connectivity index (χ2v) is 6.51. The number of para-hydroxylation sites is 1. The molecule has 5 heteroatoms. The molecule has 1 aliphatic carbocycles. The van der Waals surface area contributed by atoms with Crippen LogP contribution in [0.4, 0.5) is 0 Å². The average molecular weight is 372 g/mol. The predicted octanol–water partition coefficient (Wildman–Crippen LogP) is 5.41. The van der Waals surface area contributed by atoms with Crippen LogP contribution in [0.3, 0.4) is 0 Å². The Balaban J connectivity index is 2.19. The molecule has 0 spiro atoms. The van der Waals surface area contributed by atoms with Crippen molar-refractivity contribution in [2.45, 2.75) is 32.6 Å². The molecule has 2 aromatic rings. The first kappa shape index (κ1) is 18.5. The van der Waals surface area contributed by atoms with E-state index in [0.29, 0.717) is 23.1 Å². The standard InChI is InChI=1S/C21H22ClNO3/c1-3-26-21(24)19-16(11-7-13-23-19)14-8-4-5-9-15(14)17-10-6-12-18(22)20(17)25-2/h6-7,10-13H,3-5,8-9H2,1-2H3. The number of aromatic nitrogens is 1. The van der Waals surface area contributed by atoms with E-state index in [1.54, 1.807) is 20.2 Å². The fraction of sp³-hybridized carbons (Fsp3) is 0.333. The molecule has 0 N–H and O–H groups in total. The number of carbonyl (C=O) groups excluding carboxylic acids is 1. The highest BCUT2D eigenvalue weighted by molar-refractivity contribution is 6.32. The summed E-state index contributed by atoms with van der Waals surface area (Å²) in [7, 11) is 1.63. The number of pyridine rings is 1. The largest absolute Gasteiger partial charge is 0.495 e. The maximum Gasteiger partial charge on any atom is 0.357 e. The van der Waals surface area contributed by atoms with Crippen LogP contribution < -0.4 is 4.74 Å². The van der Waals surface area contributed by atoms with Gasteiger partial charge in [-0.1, -0.05) is 29.8 Å². The monoisotopic (exact) mass is 371 g/mol. The van der Waals surface area contributed by atoms with E-state index in [1.165, 1.54) is 0 Å². The molecule has 0 amide bonds. The molecule has 0 saturated heterocycles. The maximum absolute atomic E-state index is 12.4. The van der Waals surface area contributed by atoms with Gasteiger partial charge in [-0.2, -0.15) is 0 Å². The van der Waals surface area contributed by atoms with Gasteiger partial charge in [0.1, 0.15) is 5.75 Å². The van der Waals surface area contributed by atoms with Gasteiger partial charge < -0.3 is 9.47 Å². The number of carbonyl (C=O) groups is 1. The summed E-state index contributed by atoms with van der Waals surface area (Å²) >= 11 is 6.33. The molecule has 3 rings (SSSR count). The van der Waals surface area contributed by atoms with E-state index in [9.17, 15) is 4.79 Å². The molecule has 0 aliphatic heterocycles. The molecule has 136 valence electrons. The number of esters is 1. The summed E-state index contributed by atoms with van der Waals surface area (Å²) in [5.41, 5.74) is 4.46. The summed E-state index contributed by atoms with van der Waals surface area (Å²) in [6, 6.07) is 9.56. The molecule has 0 fully saturated rings. The van der Waals surface area contributed by atoms with Gasteiger partial charge in [0.05, 0.1) is 18.7 Å². The lowest BCUT2D eigenvalue weighted by Crippen LogP contribution is -2.12. The van der Waals surface area contributed by atoms with E-state index in [2.05, 4.69) is 4.98 Å². The van der Waals surface area contributed by atoms with E-state index in [-0.39, 0.29) is 0 Å². The topological polar surface area (TPSA) is 48.4 Å². The van der Waals surface area contributed by atoms with Gasteiger partial charge in [-0.3, -0.25) is 0 Å². The van der Waals surface area contributed by atoms with Crippen LogP contribution in [0.25, 0.3) is 11.1 Å². The lowest BCUT2D eigenvalue weighted by Gasteiger charge is -2.23. The van der Waals surface area contributed by atoms with Crippen molar-refractivity contribution in [2.75, 3.05) is 13.7 Å². The highest BCUT2D eigenvalue weighted by Crippen LogP contribution is 2.43. The Morgan fingerprint density at radius 2 is 1.81 bits per heavy atom. The Morgan fingerprint density at radius 3 is 2.50 bits per heavy atom. The van der Waals surface area contributed by atoms with Gasteiger partial charge in [0.15, 0.2) is 5.69 Å². The molecular formula is C21H22ClNO3. The first-order chi connectivity index (χ1) is 12.7. The molecule has 0 unspecified atom stereocenters. The van der Waals surface area contributed by atoms with Crippen LogP contribution in [0.15, 0.2) is 36.5 Å².